The van der Waals surface area contributed by atoms with Gasteiger partial charge in [-0.3, -0.25) is 0 Å². The Balaban J connectivity index is 2.06. The van der Waals surface area contributed by atoms with Gasteiger partial charge in [0.25, 0.3) is 0 Å². The molecule has 1 heterocycles. The van der Waals surface area contributed by atoms with Gasteiger partial charge in [0.15, 0.2) is 0 Å². The monoisotopic (exact) mass is 200 g/mol. The molecule has 0 saturated carbocycles. The van der Waals surface area contributed by atoms with Crippen molar-refractivity contribution in [2.75, 3.05) is 40.4 Å². The predicted octanol–water partition coefficient (Wildman–Crippen LogP) is 0.953. The quantitative estimate of drug-likeness (QED) is 0.715. The molecule has 3 nitrogen and oxygen atoms in total. The zero-order valence-corrected chi connectivity index (χ0v) is 9.75. The molecule has 84 valence electrons. The van der Waals surface area contributed by atoms with Crippen LogP contribution in [0.15, 0.2) is 0 Å². The first-order chi connectivity index (χ1) is 6.72. The van der Waals surface area contributed by atoms with Crippen LogP contribution in [-0.2, 0) is 4.74 Å². The average Bonchev–Trinajstić information content (AvgIpc) is 2.17. The van der Waals surface area contributed by atoms with Crippen LogP contribution in [-0.4, -0.2) is 51.3 Å². The van der Waals surface area contributed by atoms with Crippen LogP contribution >= 0.6 is 0 Å². The molecule has 0 spiro atoms. The number of hydrogen-bond donors (Lipinski definition) is 1. The van der Waals surface area contributed by atoms with Crippen LogP contribution in [0.25, 0.3) is 0 Å². The molecule has 0 amide bonds. The molecular weight excluding hydrogens is 176 g/mol. The summed E-state index contributed by atoms with van der Waals surface area (Å²) < 4.78 is 5.11. The van der Waals surface area contributed by atoms with Crippen LogP contribution in [0, 0.1) is 5.92 Å². The van der Waals surface area contributed by atoms with Crippen molar-refractivity contribution in [1.82, 2.24) is 10.2 Å². The van der Waals surface area contributed by atoms with Crippen molar-refractivity contribution in [3.05, 3.63) is 0 Å². The minimum absolute atomic E-state index is 0.625. The number of likely N-dealkylation sites (tertiary alicyclic amines) is 1. The van der Waals surface area contributed by atoms with Gasteiger partial charge >= 0.3 is 0 Å². The van der Waals surface area contributed by atoms with E-state index < -0.39 is 0 Å². The van der Waals surface area contributed by atoms with E-state index in [9.17, 15) is 0 Å². The van der Waals surface area contributed by atoms with Crippen LogP contribution in [0.5, 0.6) is 0 Å². The van der Waals surface area contributed by atoms with Crippen molar-refractivity contribution in [2.24, 2.45) is 5.92 Å². The van der Waals surface area contributed by atoms with Crippen molar-refractivity contribution in [3.63, 3.8) is 0 Å². The molecular formula is C11H24N2O. The molecule has 0 aliphatic carbocycles. The standard InChI is InChI=1S/C11H24N2O/c1-10(9-14-3)8-12-11-4-6-13(2)7-5-11/h10-12H,4-9H2,1-3H3. The molecule has 1 fully saturated rings. The van der Waals surface area contributed by atoms with E-state index >= 15 is 0 Å². The van der Waals surface area contributed by atoms with E-state index in [0.717, 1.165) is 19.2 Å². The first kappa shape index (κ1) is 12.0. The number of nitrogens with zero attached hydrogens (tertiary/aromatic N) is 1. The van der Waals surface area contributed by atoms with Crippen molar-refractivity contribution in [2.45, 2.75) is 25.8 Å². The lowest BCUT2D eigenvalue weighted by atomic mass is 10.0. The minimum atomic E-state index is 0.625. The summed E-state index contributed by atoms with van der Waals surface area (Å²) in [5.74, 6) is 0.625. The second-order valence-electron chi connectivity index (χ2n) is 4.55. The SMILES string of the molecule is COCC(C)CNC1CCN(C)CC1. The van der Waals surface area contributed by atoms with Gasteiger partial charge in [-0.05, 0) is 38.9 Å². The predicted molar refractivity (Wildman–Crippen MR) is 59.6 cm³/mol. The summed E-state index contributed by atoms with van der Waals surface area (Å²) in [5.41, 5.74) is 0. The van der Waals surface area contributed by atoms with Crippen LogP contribution in [0.1, 0.15) is 19.8 Å². The molecule has 0 radical (unpaired) electrons. The van der Waals surface area contributed by atoms with Crippen molar-refractivity contribution < 1.29 is 4.74 Å². The smallest absolute Gasteiger partial charge is 0.0499 e. The molecule has 1 N–H and O–H groups in total. The van der Waals surface area contributed by atoms with E-state index in [1.165, 1.54) is 25.9 Å². The fourth-order valence-corrected chi connectivity index (χ4v) is 1.92. The Morgan fingerprint density at radius 1 is 1.43 bits per heavy atom. The Kier molecular flexibility index (Phi) is 5.45. The highest BCUT2D eigenvalue weighted by Crippen LogP contribution is 2.08. The van der Waals surface area contributed by atoms with Gasteiger partial charge in [-0.25, -0.2) is 0 Å². The molecule has 0 aromatic carbocycles. The summed E-state index contributed by atoms with van der Waals surface area (Å²) in [6, 6.07) is 0.727. The third kappa shape index (κ3) is 4.40. The number of rotatable bonds is 5. The third-order valence-corrected chi connectivity index (χ3v) is 2.92. The van der Waals surface area contributed by atoms with E-state index in [0.29, 0.717) is 5.92 Å². The topological polar surface area (TPSA) is 24.5 Å². The highest BCUT2D eigenvalue weighted by Gasteiger charge is 2.16. The Bertz CT molecular complexity index is 144. The summed E-state index contributed by atoms with van der Waals surface area (Å²) in [6.45, 7) is 6.64. The lowest BCUT2D eigenvalue weighted by molar-refractivity contribution is 0.152. The zero-order chi connectivity index (χ0) is 10.4. The molecule has 14 heavy (non-hydrogen) atoms. The number of piperidine rings is 1. The van der Waals surface area contributed by atoms with Crippen molar-refractivity contribution in [1.29, 1.82) is 0 Å². The average molecular weight is 200 g/mol. The minimum Gasteiger partial charge on any atom is -0.384 e. The van der Waals surface area contributed by atoms with Crippen molar-refractivity contribution in [3.8, 4) is 0 Å². The maximum atomic E-state index is 5.11. The van der Waals surface area contributed by atoms with Crippen LogP contribution in [0.2, 0.25) is 0 Å². The number of ether oxygens (including phenoxy) is 1. The summed E-state index contributed by atoms with van der Waals surface area (Å²) >= 11 is 0. The molecule has 1 atom stereocenters. The Labute approximate surface area is 87.8 Å². The lowest BCUT2D eigenvalue weighted by Crippen LogP contribution is -2.42. The normalized spacial score (nSPS) is 22.5. The molecule has 1 rings (SSSR count). The maximum Gasteiger partial charge on any atom is 0.0499 e. The Hall–Kier alpha value is -0.120. The lowest BCUT2D eigenvalue weighted by Gasteiger charge is -2.30. The van der Waals surface area contributed by atoms with Crippen LogP contribution in [0.4, 0.5) is 0 Å². The van der Waals surface area contributed by atoms with Gasteiger partial charge < -0.3 is 15.0 Å². The van der Waals surface area contributed by atoms with E-state index in [1.54, 1.807) is 7.11 Å². The Morgan fingerprint density at radius 2 is 2.07 bits per heavy atom. The zero-order valence-electron chi connectivity index (χ0n) is 9.75. The van der Waals surface area contributed by atoms with Gasteiger partial charge in [-0.2, -0.15) is 0 Å². The van der Waals surface area contributed by atoms with Crippen LogP contribution in [0.3, 0.4) is 0 Å². The third-order valence-electron chi connectivity index (χ3n) is 2.92. The molecule has 1 saturated heterocycles. The molecule has 0 aromatic heterocycles. The fourth-order valence-electron chi connectivity index (χ4n) is 1.92. The van der Waals surface area contributed by atoms with Gasteiger partial charge in [0.1, 0.15) is 0 Å². The fraction of sp³-hybridized carbons (Fsp3) is 1.00. The maximum absolute atomic E-state index is 5.11. The van der Waals surface area contributed by atoms with Gasteiger partial charge in [0.05, 0.1) is 0 Å². The van der Waals surface area contributed by atoms with Gasteiger partial charge in [0, 0.05) is 26.3 Å². The van der Waals surface area contributed by atoms with Crippen LogP contribution < -0.4 is 5.32 Å². The molecule has 1 aliphatic rings. The summed E-state index contributed by atoms with van der Waals surface area (Å²) in [5, 5.41) is 3.62. The van der Waals surface area contributed by atoms with Crippen molar-refractivity contribution >= 4 is 0 Å². The first-order valence-electron chi connectivity index (χ1n) is 5.63. The highest BCUT2D eigenvalue weighted by molar-refractivity contribution is 4.75. The molecule has 1 aliphatic heterocycles. The number of hydrogen-bond acceptors (Lipinski definition) is 3. The number of methoxy groups -OCH3 is 1. The van der Waals surface area contributed by atoms with E-state index in [4.69, 9.17) is 4.74 Å². The second-order valence-corrected chi connectivity index (χ2v) is 4.55. The molecule has 0 aromatic rings. The van der Waals surface area contributed by atoms with Gasteiger partial charge in [-0.15, -0.1) is 0 Å². The summed E-state index contributed by atoms with van der Waals surface area (Å²) in [4.78, 5) is 2.40. The Morgan fingerprint density at radius 3 is 2.64 bits per heavy atom. The number of nitrogens with one attached hydrogen (secondary N) is 1. The van der Waals surface area contributed by atoms with E-state index in [1.807, 2.05) is 0 Å². The largest absolute Gasteiger partial charge is 0.384 e. The molecule has 3 heteroatoms. The van der Waals surface area contributed by atoms with E-state index in [-0.39, 0.29) is 0 Å². The second kappa shape index (κ2) is 6.38. The van der Waals surface area contributed by atoms with E-state index in [2.05, 4.69) is 24.2 Å². The molecule has 1 unspecified atom stereocenters. The van der Waals surface area contributed by atoms with Gasteiger partial charge in [0.2, 0.25) is 0 Å². The first-order valence-corrected chi connectivity index (χ1v) is 5.63. The highest BCUT2D eigenvalue weighted by atomic mass is 16.5. The summed E-state index contributed by atoms with van der Waals surface area (Å²) in [7, 11) is 3.97. The van der Waals surface area contributed by atoms with Gasteiger partial charge in [-0.1, -0.05) is 6.92 Å². The summed E-state index contributed by atoms with van der Waals surface area (Å²) in [6.07, 6.45) is 2.58. The molecule has 0 bridgehead atoms.